The van der Waals surface area contributed by atoms with Crippen molar-refractivity contribution in [3.05, 3.63) is 0 Å². The van der Waals surface area contributed by atoms with Gasteiger partial charge in [-0.2, -0.15) is 0 Å². The van der Waals surface area contributed by atoms with Crippen LogP contribution >= 0.6 is 17.8 Å². The van der Waals surface area contributed by atoms with E-state index in [2.05, 4.69) is 74.1 Å². The van der Waals surface area contributed by atoms with E-state index in [1.54, 1.807) is 0 Å². The number of halogens is 1. The molecule has 0 fully saturated rings. The van der Waals surface area contributed by atoms with E-state index in [1.807, 2.05) is 0 Å². The number of hydrogen-bond acceptors (Lipinski definition) is 4. The molecule has 0 aromatic carbocycles. The van der Waals surface area contributed by atoms with Crippen molar-refractivity contribution in [2.75, 3.05) is 52.4 Å². The van der Waals surface area contributed by atoms with Crippen molar-refractivity contribution in [1.82, 2.24) is 18.7 Å². The van der Waals surface area contributed by atoms with Crippen LogP contribution in [0.4, 0.5) is 0 Å². The first-order valence-electron chi connectivity index (χ1n) is 10.2. The van der Waals surface area contributed by atoms with Gasteiger partial charge in [0.25, 0.3) is 0 Å². The van der Waals surface area contributed by atoms with Gasteiger partial charge in [-0.25, -0.2) is 0 Å². The van der Waals surface area contributed by atoms with Crippen LogP contribution in [0.3, 0.4) is 0 Å². The van der Waals surface area contributed by atoms with Crippen LogP contribution in [0.25, 0.3) is 0 Å². The van der Waals surface area contributed by atoms with E-state index in [0.717, 1.165) is 65.2 Å². The maximum atomic E-state index is 8.05. The molecule has 0 amide bonds. The van der Waals surface area contributed by atoms with E-state index in [0.29, 0.717) is 0 Å². The predicted molar refractivity (Wildman–Crippen MR) is 114 cm³/mol. The standard InChI is InChI=1S/C18H44ClN4P/c1-9-17-23(18-10-2)24(19,20(11-3)12-4,21(13-5)14-6)22(15-7)16-8/h9-18H2,1-8H3. The second kappa shape index (κ2) is 11.3. The summed E-state index contributed by atoms with van der Waals surface area (Å²) in [6, 6.07) is 0. The second-order valence-corrected chi connectivity index (χ2v) is 12.0. The van der Waals surface area contributed by atoms with Crippen molar-refractivity contribution in [1.29, 1.82) is 0 Å². The van der Waals surface area contributed by atoms with Gasteiger partial charge >= 0.3 is 157 Å². The van der Waals surface area contributed by atoms with Crippen molar-refractivity contribution in [3.63, 3.8) is 0 Å². The Labute approximate surface area is 157 Å². The third-order valence-electron chi connectivity index (χ3n) is 5.10. The fourth-order valence-corrected chi connectivity index (χ4v) is 12.7. The predicted octanol–water partition coefficient (Wildman–Crippen LogP) is 5.50. The van der Waals surface area contributed by atoms with Crippen molar-refractivity contribution in [2.45, 2.75) is 68.2 Å². The Kier molecular flexibility index (Phi) is 11.6. The van der Waals surface area contributed by atoms with Gasteiger partial charge in [0.05, 0.1) is 0 Å². The number of nitrogens with zero attached hydrogens (tertiary/aromatic N) is 4. The molecule has 0 aliphatic rings. The third-order valence-corrected chi connectivity index (χ3v) is 13.7. The van der Waals surface area contributed by atoms with Gasteiger partial charge in [0.1, 0.15) is 0 Å². The summed E-state index contributed by atoms with van der Waals surface area (Å²) < 4.78 is 10.4. The Balaban J connectivity index is 6.71. The molecule has 0 saturated heterocycles. The molecular formula is C18H44ClN4P. The maximum absolute atomic E-state index is 8.05. The summed E-state index contributed by atoms with van der Waals surface area (Å²) in [7, 11) is 0. The molecule has 148 valence electrons. The van der Waals surface area contributed by atoms with Crippen molar-refractivity contribution >= 4 is 17.8 Å². The zero-order valence-electron chi connectivity index (χ0n) is 17.7. The van der Waals surface area contributed by atoms with Crippen LogP contribution in [0, 0.1) is 0 Å². The van der Waals surface area contributed by atoms with Crippen LogP contribution in [0.5, 0.6) is 0 Å². The normalized spacial score (nSPS) is 14.8. The van der Waals surface area contributed by atoms with Crippen LogP contribution in [0.1, 0.15) is 68.2 Å². The molecule has 0 aromatic rings. The van der Waals surface area contributed by atoms with Crippen LogP contribution in [0.15, 0.2) is 0 Å². The quantitative estimate of drug-likeness (QED) is 0.367. The van der Waals surface area contributed by atoms with Crippen LogP contribution in [-0.4, -0.2) is 71.0 Å². The summed E-state index contributed by atoms with van der Waals surface area (Å²) in [5.74, 6) is 0. The molecular weight excluding hydrogens is 339 g/mol. The SMILES string of the molecule is CCCN(CCC)P(Cl)(N(CC)CC)(N(CC)CC)N(CC)CC. The van der Waals surface area contributed by atoms with Crippen LogP contribution in [0.2, 0.25) is 0 Å². The summed E-state index contributed by atoms with van der Waals surface area (Å²) in [6.45, 7) is 23.0. The molecule has 4 nitrogen and oxygen atoms in total. The summed E-state index contributed by atoms with van der Waals surface area (Å²) in [6.07, 6.45) is 2.27. The molecule has 0 bridgehead atoms. The zero-order chi connectivity index (χ0) is 18.8. The minimum absolute atomic E-state index is 0.981. The van der Waals surface area contributed by atoms with E-state index >= 15 is 0 Å². The molecule has 0 aliphatic carbocycles. The number of hydrogen-bond donors (Lipinski definition) is 0. The zero-order valence-corrected chi connectivity index (χ0v) is 19.3. The van der Waals surface area contributed by atoms with Crippen molar-refractivity contribution < 1.29 is 0 Å². The summed E-state index contributed by atoms with van der Waals surface area (Å²) >= 11 is 8.05. The molecule has 0 spiro atoms. The first-order valence-corrected chi connectivity index (χ1v) is 13.1. The second-order valence-electron chi connectivity index (χ2n) is 6.21. The molecule has 0 radical (unpaired) electrons. The summed E-state index contributed by atoms with van der Waals surface area (Å²) in [5.41, 5.74) is 0. The summed E-state index contributed by atoms with van der Waals surface area (Å²) in [4.78, 5) is 0. The van der Waals surface area contributed by atoms with E-state index in [1.165, 1.54) is 0 Å². The third kappa shape index (κ3) is 4.10. The molecule has 0 N–H and O–H groups in total. The summed E-state index contributed by atoms with van der Waals surface area (Å²) in [5, 5.41) is 0. The molecule has 0 unspecified atom stereocenters. The average molecular weight is 383 g/mol. The van der Waals surface area contributed by atoms with Crippen molar-refractivity contribution in [3.8, 4) is 0 Å². The molecule has 0 heterocycles. The number of rotatable bonds is 14. The molecule has 0 aliphatic heterocycles. The Morgan fingerprint density at radius 3 is 0.917 bits per heavy atom. The Bertz CT molecular complexity index is 291. The Morgan fingerprint density at radius 1 is 0.500 bits per heavy atom. The van der Waals surface area contributed by atoms with Gasteiger partial charge in [-0.15, -0.1) is 0 Å². The molecule has 0 saturated carbocycles. The Morgan fingerprint density at radius 2 is 0.750 bits per heavy atom. The van der Waals surface area contributed by atoms with Crippen molar-refractivity contribution in [2.24, 2.45) is 0 Å². The van der Waals surface area contributed by atoms with E-state index in [-0.39, 0.29) is 0 Å². The first kappa shape index (κ1) is 24.6. The van der Waals surface area contributed by atoms with Gasteiger partial charge in [0, 0.05) is 0 Å². The molecule has 0 aromatic heterocycles. The molecule has 0 rings (SSSR count). The van der Waals surface area contributed by atoms with Gasteiger partial charge < -0.3 is 0 Å². The van der Waals surface area contributed by atoms with Gasteiger partial charge in [-0.3, -0.25) is 0 Å². The van der Waals surface area contributed by atoms with Crippen LogP contribution < -0.4 is 0 Å². The van der Waals surface area contributed by atoms with Gasteiger partial charge in [-0.1, -0.05) is 0 Å². The van der Waals surface area contributed by atoms with E-state index in [4.69, 9.17) is 11.2 Å². The first-order chi connectivity index (χ1) is 11.4. The van der Waals surface area contributed by atoms with Gasteiger partial charge in [0.2, 0.25) is 0 Å². The fraction of sp³-hybridized carbons (Fsp3) is 1.00. The van der Waals surface area contributed by atoms with Gasteiger partial charge in [0.15, 0.2) is 0 Å². The van der Waals surface area contributed by atoms with E-state index < -0.39 is 6.56 Å². The van der Waals surface area contributed by atoms with Crippen LogP contribution in [-0.2, 0) is 0 Å². The Hall–Kier alpha value is 0.560. The molecule has 24 heavy (non-hydrogen) atoms. The minimum atomic E-state index is -3.06. The topological polar surface area (TPSA) is 13.0 Å². The van der Waals surface area contributed by atoms with Gasteiger partial charge in [-0.05, 0) is 0 Å². The molecule has 6 heteroatoms. The van der Waals surface area contributed by atoms with E-state index in [9.17, 15) is 0 Å². The fourth-order valence-electron chi connectivity index (χ4n) is 4.18. The monoisotopic (exact) mass is 382 g/mol. The average Bonchev–Trinajstić information content (AvgIpc) is 2.57. The molecule has 0 atom stereocenters.